The molecule has 0 aliphatic heterocycles. The third kappa shape index (κ3) is 4.10. The molecule has 0 saturated carbocycles. The average molecular weight is 284 g/mol. The molecule has 1 atom stereocenters. The molecule has 0 aliphatic rings. The molecule has 0 saturated heterocycles. The lowest BCUT2D eigenvalue weighted by Crippen LogP contribution is -2.12. The Balaban J connectivity index is 2.19. The van der Waals surface area contributed by atoms with Crippen LogP contribution >= 0.6 is 0 Å². The van der Waals surface area contributed by atoms with Crippen molar-refractivity contribution in [3.8, 4) is 11.5 Å². The van der Waals surface area contributed by atoms with Crippen molar-refractivity contribution >= 4 is 6.08 Å². The van der Waals surface area contributed by atoms with Crippen LogP contribution in [0.3, 0.4) is 0 Å². The summed E-state index contributed by atoms with van der Waals surface area (Å²) in [5.41, 5.74) is 1.96. The number of rotatable bonds is 7. The molecular weight excluding hydrogens is 264 g/mol. The van der Waals surface area contributed by atoms with E-state index in [1.165, 1.54) is 0 Å². The lowest BCUT2D eigenvalue weighted by atomic mass is 10.2. The van der Waals surface area contributed by atoms with Crippen LogP contribution in [0.1, 0.15) is 24.3 Å². The van der Waals surface area contributed by atoms with Gasteiger partial charge in [0, 0.05) is 12.2 Å². The third-order valence-corrected chi connectivity index (χ3v) is 3.04. The van der Waals surface area contributed by atoms with E-state index in [2.05, 4.69) is 6.58 Å². The fourth-order valence-electron chi connectivity index (χ4n) is 1.95. The molecule has 0 fully saturated rings. The topological polar surface area (TPSA) is 27.7 Å². The van der Waals surface area contributed by atoms with Crippen molar-refractivity contribution in [1.29, 1.82) is 0 Å². The van der Waals surface area contributed by atoms with Gasteiger partial charge in [-0.3, -0.25) is 0 Å². The summed E-state index contributed by atoms with van der Waals surface area (Å²) in [5, 5.41) is 0. The zero-order valence-corrected chi connectivity index (χ0v) is 12.4. The summed E-state index contributed by atoms with van der Waals surface area (Å²) in [6.45, 7) is 6.28. The molecule has 0 aromatic heterocycles. The minimum Gasteiger partial charge on any atom is -0.497 e. The van der Waals surface area contributed by atoms with Crippen LogP contribution in [0.25, 0.3) is 6.08 Å². The van der Waals surface area contributed by atoms with Crippen molar-refractivity contribution in [3.05, 3.63) is 66.2 Å². The van der Waals surface area contributed by atoms with E-state index >= 15 is 0 Å². The van der Waals surface area contributed by atoms with Crippen molar-refractivity contribution in [2.75, 3.05) is 13.7 Å². The summed E-state index contributed by atoms with van der Waals surface area (Å²) in [6.07, 6.45) is 1.34. The number of hydrogen-bond acceptors (Lipinski definition) is 3. The van der Waals surface area contributed by atoms with Gasteiger partial charge in [-0.15, -0.1) is 0 Å². The van der Waals surface area contributed by atoms with Gasteiger partial charge in [-0.25, -0.2) is 0 Å². The Morgan fingerprint density at radius 3 is 2.48 bits per heavy atom. The van der Waals surface area contributed by atoms with Crippen LogP contribution in [0.4, 0.5) is 0 Å². The molecule has 0 heterocycles. The Hall–Kier alpha value is -2.26. The van der Waals surface area contributed by atoms with E-state index in [4.69, 9.17) is 14.2 Å². The predicted molar refractivity (Wildman–Crippen MR) is 84.5 cm³/mol. The standard InChI is InChI=1S/C18H20O3/c1-4-14-7-6-8-17(13-14)21-18(20-5-2)15-9-11-16(19-3)12-10-15/h4,6-13,18H,1,5H2,2-3H3. The third-order valence-electron chi connectivity index (χ3n) is 3.04. The fraction of sp³-hybridized carbons (Fsp3) is 0.222. The summed E-state index contributed by atoms with van der Waals surface area (Å²) in [6, 6.07) is 15.4. The SMILES string of the molecule is C=Cc1cccc(OC(OCC)c2ccc(OC)cc2)c1. The first-order chi connectivity index (χ1) is 10.3. The summed E-state index contributed by atoms with van der Waals surface area (Å²) in [7, 11) is 1.65. The normalized spacial score (nSPS) is 11.7. The Bertz CT molecular complexity index is 575. The van der Waals surface area contributed by atoms with E-state index in [1.54, 1.807) is 13.2 Å². The Labute approximate surface area is 125 Å². The summed E-state index contributed by atoms with van der Waals surface area (Å²) in [4.78, 5) is 0. The van der Waals surface area contributed by atoms with Gasteiger partial charge < -0.3 is 14.2 Å². The van der Waals surface area contributed by atoms with Crippen molar-refractivity contribution in [3.63, 3.8) is 0 Å². The van der Waals surface area contributed by atoms with Crippen LogP contribution in [0.2, 0.25) is 0 Å². The minimum absolute atomic E-state index is 0.444. The maximum atomic E-state index is 5.95. The first-order valence-corrected chi connectivity index (χ1v) is 6.91. The van der Waals surface area contributed by atoms with E-state index in [0.717, 1.165) is 22.6 Å². The van der Waals surface area contributed by atoms with Gasteiger partial charge in [-0.05, 0) is 48.9 Å². The lowest BCUT2D eigenvalue weighted by molar-refractivity contribution is -0.0786. The minimum atomic E-state index is -0.444. The van der Waals surface area contributed by atoms with Gasteiger partial charge in [0.2, 0.25) is 6.29 Å². The van der Waals surface area contributed by atoms with Crippen molar-refractivity contribution in [2.45, 2.75) is 13.2 Å². The van der Waals surface area contributed by atoms with Gasteiger partial charge in [0.05, 0.1) is 7.11 Å². The van der Waals surface area contributed by atoms with Gasteiger partial charge in [0.15, 0.2) is 0 Å². The van der Waals surface area contributed by atoms with Crippen molar-refractivity contribution < 1.29 is 14.2 Å². The van der Waals surface area contributed by atoms with Crippen LogP contribution in [0, 0.1) is 0 Å². The Morgan fingerprint density at radius 2 is 1.86 bits per heavy atom. The highest BCUT2D eigenvalue weighted by Crippen LogP contribution is 2.25. The zero-order chi connectivity index (χ0) is 15.1. The largest absolute Gasteiger partial charge is 0.497 e. The Morgan fingerprint density at radius 1 is 1.10 bits per heavy atom. The Kier molecular flexibility index (Phi) is 5.41. The molecule has 0 bridgehead atoms. The smallest absolute Gasteiger partial charge is 0.226 e. The molecule has 0 aliphatic carbocycles. The molecule has 1 unspecified atom stereocenters. The molecule has 2 aromatic carbocycles. The van der Waals surface area contributed by atoms with Gasteiger partial charge in [0.25, 0.3) is 0 Å². The monoisotopic (exact) mass is 284 g/mol. The van der Waals surface area contributed by atoms with Crippen LogP contribution in [0.5, 0.6) is 11.5 Å². The first-order valence-electron chi connectivity index (χ1n) is 6.91. The lowest BCUT2D eigenvalue weighted by Gasteiger charge is -2.19. The van der Waals surface area contributed by atoms with Crippen LogP contribution in [0.15, 0.2) is 55.1 Å². The van der Waals surface area contributed by atoms with Gasteiger partial charge in [0.1, 0.15) is 11.5 Å². The number of hydrogen-bond donors (Lipinski definition) is 0. The van der Waals surface area contributed by atoms with E-state index in [1.807, 2.05) is 55.5 Å². The molecule has 0 spiro atoms. The first kappa shape index (κ1) is 15.1. The average Bonchev–Trinajstić information content (AvgIpc) is 2.55. The van der Waals surface area contributed by atoms with Crippen LogP contribution in [-0.2, 0) is 4.74 Å². The van der Waals surface area contributed by atoms with Gasteiger partial charge >= 0.3 is 0 Å². The van der Waals surface area contributed by atoms with E-state index < -0.39 is 6.29 Å². The quantitative estimate of drug-likeness (QED) is 0.703. The number of benzene rings is 2. The molecule has 0 radical (unpaired) electrons. The predicted octanol–water partition coefficient (Wildman–Crippen LogP) is 4.45. The summed E-state index contributed by atoms with van der Waals surface area (Å²) < 4.78 is 16.8. The molecule has 21 heavy (non-hydrogen) atoms. The highest BCUT2D eigenvalue weighted by Gasteiger charge is 2.13. The molecule has 0 N–H and O–H groups in total. The molecule has 2 aromatic rings. The molecule has 110 valence electrons. The molecule has 3 heteroatoms. The molecule has 0 amide bonds. The summed E-state index contributed by atoms with van der Waals surface area (Å²) >= 11 is 0. The molecule has 3 nitrogen and oxygen atoms in total. The highest BCUT2D eigenvalue weighted by atomic mass is 16.7. The fourth-order valence-corrected chi connectivity index (χ4v) is 1.95. The summed E-state index contributed by atoms with van der Waals surface area (Å²) in [5.74, 6) is 1.56. The van der Waals surface area contributed by atoms with E-state index in [0.29, 0.717) is 6.61 Å². The second kappa shape index (κ2) is 7.50. The van der Waals surface area contributed by atoms with Gasteiger partial charge in [-0.1, -0.05) is 24.8 Å². The van der Waals surface area contributed by atoms with Crippen LogP contribution < -0.4 is 9.47 Å². The number of ether oxygens (including phenoxy) is 3. The maximum absolute atomic E-state index is 5.95. The van der Waals surface area contributed by atoms with Crippen molar-refractivity contribution in [2.24, 2.45) is 0 Å². The molecular formula is C18H20O3. The van der Waals surface area contributed by atoms with E-state index in [9.17, 15) is 0 Å². The highest BCUT2D eigenvalue weighted by molar-refractivity contribution is 5.49. The number of methoxy groups -OCH3 is 1. The van der Waals surface area contributed by atoms with Gasteiger partial charge in [-0.2, -0.15) is 0 Å². The van der Waals surface area contributed by atoms with Crippen LogP contribution in [-0.4, -0.2) is 13.7 Å². The second-order valence-corrected chi connectivity index (χ2v) is 4.45. The second-order valence-electron chi connectivity index (χ2n) is 4.45. The van der Waals surface area contributed by atoms with Crippen molar-refractivity contribution in [1.82, 2.24) is 0 Å². The van der Waals surface area contributed by atoms with E-state index in [-0.39, 0.29) is 0 Å². The zero-order valence-electron chi connectivity index (χ0n) is 12.4. The maximum Gasteiger partial charge on any atom is 0.226 e. The molecule has 2 rings (SSSR count).